The van der Waals surface area contributed by atoms with E-state index in [9.17, 15) is 12.8 Å². The van der Waals surface area contributed by atoms with E-state index in [4.69, 9.17) is 4.74 Å². The molecule has 2 aliphatic rings. The molecule has 122 valence electrons. The van der Waals surface area contributed by atoms with Gasteiger partial charge in [-0.25, -0.2) is 12.8 Å². The highest BCUT2D eigenvalue weighted by Crippen LogP contribution is 2.42. The van der Waals surface area contributed by atoms with Crippen LogP contribution in [0.25, 0.3) is 0 Å². The first-order chi connectivity index (χ1) is 10.4. The molecular weight excluding hydrogens is 305 g/mol. The molecule has 2 bridgehead atoms. The van der Waals surface area contributed by atoms with Gasteiger partial charge in [-0.15, -0.1) is 0 Å². The Morgan fingerprint density at radius 2 is 1.95 bits per heavy atom. The fraction of sp³-hybridized carbons (Fsp3) is 0.625. The number of sulfonamides is 1. The SMILES string of the molecule is CC(C)COC1C2CCC1N(S(=O)(=O)c1ccc(F)cc1)C2. The van der Waals surface area contributed by atoms with Crippen LogP contribution in [0.15, 0.2) is 29.2 Å². The van der Waals surface area contributed by atoms with E-state index in [0.717, 1.165) is 12.8 Å². The summed E-state index contributed by atoms with van der Waals surface area (Å²) < 4.78 is 46.1. The van der Waals surface area contributed by atoms with E-state index in [1.165, 1.54) is 24.3 Å². The van der Waals surface area contributed by atoms with Crippen molar-refractivity contribution in [2.24, 2.45) is 11.8 Å². The van der Waals surface area contributed by atoms with Gasteiger partial charge in [-0.2, -0.15) is 4.31 Å². The predicted octanol–water partition coefficient (Wildman–Crippen LogP) is 2.65. The van der Waals surface area contributed by atoms with Crippen molar-refractivity contribution < 1.29 is 17.5 Å². The maximum absolute atomic E-state index is 13.0. The molecule has 1 aliphatic carbocycles. The minimum atomic E-state index is -3.57. The van der Waals surface area contributed by atoms with Crippen molar-refractivity contribution in [3.8, 4) is 0 Å². The molecule has 22 heavy (non-hydrogen) atoms. The zero-order valence-corrected chi connectivity index (χ0v) is 13.7. The van der Waals surface area contributed by atoms with E-state index in [0.29, 0.717) is 19.1 Å². The van der Waals surface area contributed by atoms with Crippen LogP contribution in [0.2, 0.25) is 0 Å². The summed E-state index contributed by atoms with van der Waals surface area (Å²) in [5.41, 5.74) is 0. The van der Waals surface area contributed by atoms with E-state index < -0.39 is 15.8 Å². The Morgan fingerprint density at radius 1 is 1.27 bits per heavy atom. The summed E-state index contributed by atoms with van der Waals surface area (Å²) in [4.78, 5) is 0.157. The fourth-order valence-corrected chi connectivity index (χ4v) is 5.19. The van der Waals surface area contributed by atoms with Crippen LogP contribution in [0, 0.1) is 17.7 Å². The zero-order chi connectivity index (χ0) is 15.9. The van der Waals surface area contributed by atoms with E-state index in [1.807, 2.05) is 0 Å². The molecule has 0 N–H and O–H groups in total. The number of hydrogen-bond donors (Lipinski definition) is 0. The second-order valence-corrected chi connectivity index (χ2v) is 8.52. The molecular formula is C16H22FNO3S. The number of halogens is 1. The van der Waals surface area contributed by atoms with Crippen molar-refractivity contribution in [2.45, 2.75) is 43.7 Å². The molecule has 0 radical (unpaired) electrons. The number of rotatable bonds is 5. The summed E-state index contributed by atoms with van der Waals surface area (Å²) in [5.74, 6) is 0.279. The first-order valence-corrected chi connectivity index (χ1v) is 9.22. The molecule has 3 unspecified atom stereocenters. The number of piperidine rings is 1. The highest BCUT2D eigenvalue weighted by Gasteiger charge is 2.52. The lowest BCUT2D eigenvalue weighted by atomic mass is 10.1. The molecule has 1 aromatic carbocycles. The van der Waals surface area contributed by atoms with Crippen LogP contribution in [0.4, 0.5) is 4.39 Å². The summed E-state index contributed by atoms with van der Waals surface area (Å²) in [5, 5.41) is 0. The molecule has 2 fully saturated rings. The average Bonchev–Trinajstić information content (AvgIpc) is 3.02. The lowest BCUT2D eigenvalue weighted by molar-refractivity contribution is 0.0182. The van der Waals surface area contributed by atoms with Gasteiger partial charge in [-0.3, -0.25) is 0 Å². The smallest absolute Gasteiger partial charge is 0.243 e. The molecule has 0 aromatic heterocycles. The number of ether oxygens (including phenoxy) is 1. The number of hydrogen-bond acceptors (Lipinski definition) is 3. The minimum Gasteiger partial charge on any atom is -0.376 e. The van der Waals surface area contributed by atoms with Crippen LogP contribution in [-0.2, 0) is 14.8 Å². The first-order valence-electron chi connectivity index (χ1n) is 7.78. The fourth-order valence-electron chi connectivity index (χ4n) is 3.47. The van der Waals surface area contributed by atoms with Gasteiger partial charge < -0.3 is 4.74 Å². The van der Waals surface area contributed by atoms with Gasteiger partial charge in [0.2, 0.25) is 10.0 Å². The van der Waals surface area contributed by atoms with Gasteiger partial charge in [-0.05, 0) is 43.0 Å². The molecule has 6 heteroatoms. The van der Waals surface area contributed by atoms with Gasteiger partial charge in [0, 0.05) is 19.1 Å². The number of fused-ring (bicyclic) bond motifs is 2. The Labute approximate surface area is 131 Å². The van der Waals surface area contributed by atoms with Gasteiger partial charge in [0.15, 0.2) is 0 Å². The Bertz CT molecular complexity index is 629. The normalized spacial score (nSPS) is 28.6. The summed E-state index contributed by atoms with van der Waals surface area (Å²) in [6, 6.07) is 4.96. The molecule has 0 amide bonds. The Hall–Kier alpha value is -0.980. The molecule has 1 aromatic rings. The van der Waals surface area contributed by atoms with Crippen LogP contribution in [-0.4, -0.2) is 38.0 Å². The van der Waals surface area contributed by atoms with Gasteiger partial charge in [0.05, 0.1) is 17.0 Å². The van der Waals surface area contributed by atoms with Crippen LogP contribution < -0.4 is 0 Å². The van der Waals surface area contributed by atoms with Gasteiger partial charge in [0.25, 0.3) is 0 Å². The maximum Gasteiger partial charge on any atom is 0.243 e. The largest absolute Gasteiger partial charge is 0.376 e. The Kier molecular flexibility index (Phi) is 4.27. The Balaban J connectivity index is 1.80. The van der Waals surface area contributed by atoms with Gasteiger partial charge in [-0.1, -0.05) is 13.8 Å². The standard InChI is InChI=1S/C16H22FNO3S/c1-11(2)10-21-16-12-3-8-15(16)18(9-12)22(19,20)14-6-4-13(17)5-7-14/h4-7,11-12,15-16H,3,8-10H2,1-2H3. The minimum absolute atomic E-state index is 0.00220. The van der Waals surface area contributed by atoms with Crippen molar-refractivity contribution in [2.75, 3.05) is 13.2 Å². The van der Waals surface area contributed by atoms with E-state index in [1.54, 1.807) is 4.31 Å². The maximum atomic E-state index is 13.0. The number of benzene rings is 1. The first kappa shape index (κ1) is 15.9. The second kappa shape index (κ2) is 5.91. The topological polar surface area (TPSA) is 46.6 Å². The van der Waals surface area contributed by atoms with Crippen LogP contribution in [0.5, 0.6) is 0 Å². The third kappa shape index (κ3) is 2.79. The van der Waals surface area contributed by atoms with Crippen molar-refractivity contribution >= 4 is 10.0 Å². The molecule has 1 aliphatic heterocycles. The van der Waals surface area contributed by atoms with Crippen LogP contribution >= 0.6 is 0 Å². The molecule has 1 saturated carbocycles. The van der Waals surface area contributed by atoms with Crippen LogP contribution in [0.3, 0.4) is 0 Å². The van der Waals surface area contributed by atoms with Gasteiger partial charge in [0.1, 0.15) is 5.82 Å². The lowest BCUT2D eigenvalue weighted by Gasteiger charge is -2.26. The monoisotopic (exact) mass is 327 g/mol. The summed E-state index contributed by atoms with van der Waals surface area (Å²) >= 11 is 0. The average molecular weight is 327 g/mol. The molecule has 4 nitrogen and oxygen atoms in total. The summed E-state index contributed by atoms with van der Waals surface area (Å²) in [6.07, 6.45) is 1.86. The quantitative estimate of drug-likeness (QED) is 0.835. The highest BCUT2D eigenvalue weighted by atomic mass is 32.2. The molecule has 1 heterocycles. The molecule has 0 spiro atoms. The van der Waals surface area contributed by atoms with Gasteiger partial charge >= 0.3 is 0 Å². The molecule has 1 saturated heterocycles. The van der Waals surface area contributed by atoms with E-state index >= 15 is 0 Å². The van der Waals surface area contributed by atoms with E-state index in [2.05, 4.69) is 13.8 Å². The lowest BCUT2D eigenvalue weighted by Crippen LogP contribution is -2.40. The van der Waals surface area contributed by atoms with E-state index in [-0.39, 0.29) is 23.0 Å². The van der Waals surface area contributed by atoms with Crippen molar-refractivity contribution in [1.29, 1.82) is 0 Å². The third-order valence-corrected chi connectivity index (χ3v) is 6.41. The third-order valence-electron chi connectivity index (χ3n) is 4.50. The Morgan fingerprint density at radius 3 is 2.59 bits per heavy atom. The summed E-state index contributed by atoms with van der Waals surface area (Å²) in [7, 11) is -3.57. The number of nitrogens with zero attached hydrogens (tertiary/aromatic N) is 1. The van der Waals surface area contributed by atoms with Crippen molar-refractivity contribution in [3.63, 3.8) is 0 Å². The molecule has 3 atom stereocenters. The predicted molar refractivity (Wildman–Crippen MR) is 81.4 cm³/mol. The second-order valence-electron chi connectivity index (χ2n) is 6.63. The summed E-state index contributed by atoms with van der Waals surface area (Å²) in [6.45, 7) is 5.34. The highest BCUT2D eigenvalue weighted by molar-refractivity contribution is 7.89. The zero-order valence-electron chi connectivity index (χ0n) is 12.9. The van der Waals surface area contributed by atoms with Crippen molar-refractivity contribution in [3.05, 3.63) is 30.1 Å². The van der Waals surface area contributed by atoms with Crippen LogP contribution in [0.1, 0.15) is 26.7 Å². The van der Waals surface area contributed by atoms with Crippen molar-refractivity contribution in [1.82, 2.24) is 4.31 Å². The molecule has 3 rings (SSSR count).